The van der Waals surface area contributed by atoms with Gasteiger partial charge in [0.1, 0.15) is 0 Å². The second-order valence-electron chi connectivity index (χ2n) is 1.36. The van der Waals surface area contributed by atoms with Gasteiger partial charge < -0.3 is 9.42 Å². The monoisotopic (exact) mass is 180 g/mol. The minimum atomic E-state index is -4.64. The third-order valence-electron chi connectivity index (χ3n) is 0.630. The predicted molar refractivity (Wildman–Crippen MR) is 29.5 cm³/mol. The van der Waals surface area contributed by atoms with Gasteiger partial charge in [-0.25, -0.2) is 8.42 Å². The summed E-state index contributed by atoms with van der Waals surface area (Å²) in [7, 11) is -3.27. The molecule has 8 heteroatoms. The molecule has 0 amide bonds. The van der Waals surface area contributed by atoms with E-state index in [9.17, 15) is 17.9 Å². The average molecular weight is 180 g/mol. The van der Waals surface area contributed by atoms with Crippen molar-refractivity contribution in [1.82, 2.24) is 0 Å². The zero-order valence-corrected chi connectivity index (χ0v) is 7.61. The maximum absolute atomic E-state index is 10.2. The first-order chi connectivity index (χ1) is 3.81. The molecule has 0 aliphatic carbocycles. The van der Waals surface area contributed by atoms with Crippen LogP contribution in [0, 0.1) is 0 Å². The minimum Gasteiger partial charge on any atom is -0.767 e. The molecule has 0 heterocycles. The summed E-state index contributed by atoms with van der Waals surface area (Å²) in [5.74, 6) is 0. The fourth-order valence-corrected chi connectivity index (χ4v) is 1.22. The van der Waals surface area contributed by atoms with E-state index in [1.54, 1.807) is 0 Å². The number of rotatable bonds is 2. The molecule has 1 atom stereocenters. The summed E-state index contributed by atoms with van der Waals surface area (Å²) < 4.78 is 34.3. The molecule has 0 aromatic heterocycles. The van der Waals surface area contributed by atoms with Gasteiger partial charge in [-0.05, 0) is 0 Å². The third-order valence-corrected chi connectivity index (χ3v) is 4.77. The van der Waals surface area contributed by atoms with Gasteiger partial charge in [0, 0.05) is 13.4 Å². The number of hydrogen-bond donors (Lipinski definition) is 0. The van der Waals surface area contributed by atoms with Gasteiger partial charge in [-0.1, -0.05) is 0 Å². The van der Waals surface area contributed by atoms with Crippen molar-refractivity contribution in [2.75, 3.05) is 13.4 Å². The van der Waals surface area contributed by atoms with E-state index in [1.807, 2.05) is 0 Å². The molecule has 0 aromatic rings. The summed E-state index contributed by atoms with van der Waals surface area (Å²) in [6.45, 7) is -4.64. The van der Waals surface area contributed by atoms with Crippen LogP contribution in [-0.2, 0) is 18.5 Å². The van der Waals surface area contributed by atoms with Crippen LogP contribution in [0.2, 0.25) is 0 Å². The van der Waals surface area contributed by atoms with Crippen LogP contribution < -0.4 is 23.8 Å². The van der Waals surface area contributed by atoms with Crippen molar-refractivity contribution in [3.63, 3.8) is 0 Å². The Balaban J connectivity index is 0. The maximum Gasteiger partial charge on any atom is 1.00 e. The minimum absolute atomic E-state index is 0. The Labute approximate surface area is 71.1 Å². The predicted octanol–water partition coefficient (Wildman–Crippen LogP) is -3.85. The molecular weight excluding hydrogens is 174 g/mol. The molecule has 0 spiro atoms. The Bertz CT molecular complexity index is 232. The van der Waals surface area contributed by atoms with E-state index >= 15 is 0 Å². The van der Waals surface area contributed by atoms with Crippen LogP contribution in [0.4, 0.5) is 0 Å². The summed E-state index contributed by atoms with van der Waals surface area (Å²) in [5.41, 5.74) is 0. The Morgan fingerprint density at radius 1 is 1.50 bits per heavy atom. The normalized spacial score (nSPS) is 17.1. The van der Waals surface area contributed by atoms with Crippen molar-refractivity contribution >= 4 is 16.3 Å². The molecule has 0 radical (unpaired) electrons. The first-order valence-electron chi connectivity index (χ1n) is 1.88. The van der Waals surface area contributed by atoms with Gasteiger partial charge in [-0.15, -0.1) is 0 Å². The van der Waals surface area contributed by atoms with Crippen LogP contribution >= 0.6 is 6.80 Å². The third kappa shape index (κ3) is 3.20. The van der Waals surface area contributed by atoms with Crippen molar-refractivity contribution in [3.05, 3.63) is 0 Å². The van der Waals surface area contributed by atoms with Gasteiger partial charge in [0.05, 0.1) is 0 Å². The fourth-order valence-electron chi connectivity index (χ4n) is 0.135. The van der Waals surface area contributed by atoms with Gasteiger partial charge in [-0.3, -0.25) is 4.57 Å². The average Bonchev–Trinajstić information content (AvgIpc) is 1.64. The molecule has 0 saturated heterocycles. The van der Waals surface area contributed by atoms with Gasteiger partial charge in [0.15, 0.2) is 0 Å². The zero-order chi connectivity index (χ0) is 7.71. The molecule has 0 rings (SSSR count). The van der Waals surface area contributed by atoms with Gasteiger partial charge in [-0.2, -0.15) is 0 Å². The van der Waals surface area contributed by atoms with Crippen LogP contribution in [-0.4, -0.2) is 21.8 Å². The molecule has 0 aromatic carbocycles. The largest absolute Gasteiger partial charge is 1.00 e. The summed E-state index contributed by atoms with van der Waals surface area (Å²) in [4.78, 5) is 10.2. The SMILES string of the molecule is COP(=O)([O-])S(C)(=O)=O.[Li+]. The molecule has 0 N–H and O–H groups in total. The molecule has 0 aliphatic heterocycles. The molecule has 0 saturated carbocycles. The summed E-state index contributed by atoms with van der Waals surface area (Å²) in [5, 5.41) is 0. The summed E-state index contributed by atoms with van der Waals surface area (Å²) in [6.07, 6.45) is 0.574. The van der Waals surface area contributed by atoms with Crippen LogP contribution in [0.1, 0.15) is 0 Å². The molecule has 5 nitrogen and oxygen atoms in total. The van der Waals surface area contributed by atoms with E-state index in [0.717, 1.165) is 7.11 Å². The first-order valence-corrected chi connectivity index (χ1v) is 5.92. The fraction of sp³-hybridized carbons (Fsp3) is 1.00. The van der Waals surface area contributed by atoms with E-state index in [-0.39, 0.29) is 18.9 Å². The molecule has 56 valence electrons. The van der Waals surface area contributed by atoms with Gasteiger partial charge >= 0.3 is 18.9 Å². The van der Waals surface area contributed by atoms with E-state index in [4.69, 9.17) is 0 Å². The van der Waals surface area contributed by atoms with Gasteiger partial charge in [0.25, 0.3) is 6.80 Å². The zero-order valence-electron chi connectivity index (χ0n) is 5.90. The topological polar surface area (TPSA) is 83.5 Å². The standard InChI is InChI=1S/C2H7O5PS.Li/c1-7-8(3,4)9(2,5)6;/h1-2H3,(H,3,4);/q;+1/p-1. The first kappa shape index (κ1) is 13.3. The van der Waals surface area contributed by atoms with Crippen LogP contribution in [0.15, 0.2) is 0 Å². The van der Waals surface area contributed by atoms with Crippen LogP contribution in [0.3, 0.4) is 0 Å². The Morgan fingerprint density at radius 3 is 1.80 bits per heavy atom. The molecule has 0 aliphatic rings. The van der Waals surface area contributed by atoms with E-state index in [0.29, 0.717) is 6.26 Å². The molecular formula is C2H6LiO5PS. The van der Waals surface area contributed by atoms with Crippen molar-refractivity contribution in [1.29, 1.82) is 0 Å². The second kappa shape index (κ2) is 3.91. The Kier molecular flexibility index (Phi) is 5.20. The van der Waals surface area contributed by atoms with Crippen molar-refractivity contribution < 1.29 is 41.3 Å². The van der Waals surface area contributed by atoms with Gasteiger partial charge in [0.2, 0.25) is 9.46 Å². The maximum atomic E-state index is 10.2. The molecule has 0 fully saturated rings. The van der Waals surface area contributed by atoms with Crippen molar-refractivity contribution in [2.45, 2.75) is 0 Å². The smallest absolute Gasteiger partial charge is 0.767 e. The Hall–Kier alpha value is 0.697. The van der Waals surface area contributed by atoms with Crippen LogP contribution in [0.25, 0.3) is 0 Å². The quantitative estimate of drug-likeness (QED) is 0.321. The van der Waals surface area contributed by atoms with E-state index in [1.165, 1.54) is 0 Å². The molecule has 1 unspecified atom stereocenters. The molecule has 10 heavy (non-hydrogen) atoms. The van der Waals surface area contributed by atoms with Crippen molar-refractivity contribution in [3.8, 4) is 0 Å². The second-order valence-corrected chi connectivity index (χ2v) is 7.42. The van der Waals surface area contributed by atoms with E-state index < -0.39 is 16.3 Å². The van der Waals surface area contributed by atoms with E-state index in [2.05, 4.69) is 4.52 Å². The summed E-state index contributed by atoms with van der Waals surface area (Å²) >= 11 is 0. The summed E-state index contributed by atoms with van der Waals surface area (Å²) in [6, 6.07) is 0. The Morgan fingerprint density at radius 2 is 1.80 bits per heavy atom. The van der Waals surface area contributed by atoms with Crippen molar-refractivity contribution in [2.24, 2.45) is 0 Å². The van der Waals surface area contributed by atoms with Crippen LogP contribution in [0.5, 0.6) is 0 Å². The number of hydrogen-bond acceptors (Lipinski definition) is 5. The molecule has 0 bridgehead atoms.